The molecule has 0 spiro atoms. The van der Waals surface area contributed by atoms with Gasteiger partial charge in [-0.25, -0.2) is 8.42 Å². The Morgan fingerprint density at radius 1 is 1.05 bits per heavy atom. The SMILES string of the molecule is CC[C@@H](C(=O)NC(C)C)N(Cc1c(Cl)cccc1Cl)C(=O)CCCN(c1cc(C)ccc1C)S(C)(=O)=O. The summed E-state index contributed by atoms with van der Waals surface area (Å²) in [6.07, 6.45) is 1.87. The number of amides is 2. The van der Waals surface area contributed by atoms with Gasteiger partial charge >= 0.3 is 0 Å². The fourth-order valence-electron chi connectivity index (χ4n) is 4.12. The van der Waals surface area contributed by atoms with Gasteiger partial charge in [0.25, 0.3) is 0 Å². The number of sulfonamides is 1. The maximum absolute atomic E-state index is 13.5. The van der Waals surface area contributed by atoms with E-state index in [1.54, 1.807) is 18.2 Å². The van der Waals surface area contributed by atoms with Gasteiger partial charge in [-0.05, 0) is 69.9 Å². The molecule has 0 unspecified atom stereocenters. The topological polar surface area (TPSA) is 86.8 Å². The fraction of sp³-hybridized carbons (Fsp3) is 0.481. The highest BCUT2D eigenvalue weighted by atomic mass is 35.5. The lowest BCUT2D eigenvalue weighted by Crippen LogP contribution is -2.50. The molecule has 0 radical (unpaired) electrons. The number of benzene rings is 2. The molecule has 10 heteroatoms. The first kappa shape index (κ1) is 30.9. The lowest BCUT2D eigenvalue weighted by molar-refractivity contribution is -0.141. The van der Waals surface area contributed by atoms with Crippen LogP contribution < -0.4 is 9.62 Å². The molecule has 1 atom stereocenters. The first-order chi connectivity index (χ1) is 17.3. The molecule has 2 amide bonds. The van der Waals surface area contributed by atoms with Crippen LogP contribution in [0.2, 0.25) is 10.0 Å². The maximum Gasteiger partial charge on any atom is 0.243 e. The van der Waals surface area contributed by atoms with E-state index in [0.29, 0.717) is 27.7 Å². The first-order valence-corrected chi connectivity index (χ1v) is 14.9. The van der Waals surface area contributed by atoms with E-state index in [2.05, 4.69) is 5.32 Å². The molecule has 7 nitrogen and oxygen atoms in total. The number of carbonyl (C=O) groups is 2. The highest BCUT2D eigenvalue weighted by molar-refractivity contribution is 7.92. The number of hydrogen-bond acceptors (Lipinski definition) is 4. The summed E-state index contributed by atoms with van der Waals surface area (Å²) < 4.78 is 26.6. The van der Waals surface area contributed by atoms with Gasteiger partial charge in [-0.1, -0.05) is 48.3 Å². The summed E-state index contributed by atoms with van der Waals surface area (Å²) in [5.74, 6) is -0.543. The number of aryl methyl sites for hydroxylation is 2. The zero-order chi connectivity index (χ0) is 27.9. The molecule has 2 rings (SSSR count). The van der Waals surface area contributed by atoms with Gasteiger partial charge in [0.05, 0.1) is 11.9 Å². The van der Waals surface area contributed by atoms with Gasteiger partial charge in [0, 0.05) is 41.2 Å². The second kappa shape index (κ2) is 13.5. The molecule has 2 aromatic carbocycles. The van der Waals surface area contributed by atoms with Gasteiger partial charge in [-0.2, -0.15) is 0 Å². The largest absolute Gasteiger partial charge is 0.352 e. The average molecular weight is 571 g/mol. The quantitative estimate of drug-likeness (QED) is 0.366. The Hall–Kier alpha value is -2.29. The highest BCUT2D eigenvalue weighted by Gasteiger charge is 2.30. The Labute approximate surface area is 231 Å². The van der Waals surface area contributed by atoms with Gasteiger partial charge < -0.3 is 10.2 Å². The number of rotatable bonds is 12. The Morgan fingerprint density at radius 3 is 2.22 bits per heavy atom. The molecule has 204 valence electrons. The lowest BCUT2D eigenvalue weighted by Gasteiger charge is -2.32. The third-order valence-corrected chi connectivity index (χ3v) is 7.88. The van der Waals surface area contributed by atoms with Crippen molar-refractivity contribution in [3.63, 3.8) is 0 Å². The zero-order valence-electron chi connectivity index (χ0n) is 22.3. The van der Waals surface area contributed by atoms with Crippen molar-refractivity contribution >= 4 is 50.7 Å². The Kier molecular flexibility index (Phi) is 11.3. The van der Waals surface area contributed by atoms with E-state index < -0.39 is 16.1 Å². The monoisotopic (exact) mass is 569 g/mol. The molecule has 2 aromatic rings. The number of nitrogens with one attached hydrogen (secondary N) is 1. The van der Waals surface area contributed by atoms with Crippen molar-refractivity contribution in [2.45, 2.75) is 72.5 Å². The molecule has 1 N–H and O–H groups in total. The van der Waals surface area contributed by atoms with E-state index in [1.807, 2.05) is 52.8 Å². The van der Waals surface area contributed by atoms with Crippen LogP contribution in [0.15, 0.2) is 36.4 Å². The van der Waals surface area contributed by atoms with E-state index in [9.17, 15) is 18.0 Å². The van der Waals surface area contributed by atoms with Crippen LogP contribution in [0.25, 0.3) is 0 Å². The number of carbonyl (C=O) groups excluding carboxylic acids is 2. The third kappa shape index (κ3) is 8.62. The van der Waals surface area contributed by atoms with Crippen LogP contribution in [0.5, 0.6) is 0 Å². The van der Waals surface area contributed by atoms with Gasteiger partial charge in [-0.15, -0.1) is 0 Å². The van der Waals surface area contributed by atoms with Gasteiger partial charge in [0.2, 0.25) is 21.8 Å². The summed E-state index contributed by atoms with van der Waals surface area (Å²) >= 11 is 12.8. The molecule has 0 aliphatic carbocycles. The number of hydrogen-bond donors (Lipinski definition) is 1. The number of anilines is 1. The van der Waals surface area contributed by atoms with Gasteiger partial charge in [0.15, 0.2) is 0 Å². The Bertz CT molecular complexity index is 1200. The normalized spacial score (nSPS) is 12.4. The molecule has 37 heavy (non-hydrogen) atoms. The molecule has 0 aliphatic rings. The van der Waals surface area contributed by atoms with Crippen LogP contribution in [-0.4, -0.2) is 50.0 Å². The van der Waals surface area contributed by atoms with Crippen LogP contribution >= 0.6 is 23.2 Å². The van der Waals surface area contributed by atoms with E-state index in [4.69, 9.17) is 23.2 Å². The third-order valence-electron chi connectivity index (χ3n) is 5.99. The van der Waals surface area contributed by atoms with Crippen LogP contribution in [0.3, 0.4) is 0 Å². The van der Waals surface area contributed by atoms with Crippen molar-refractivity contribution in [2.24, 2.45) is 0 Å². The number of nitrogens with zero attached hydrogens (tertiary/aromatic N) is 2. The van der Waals surface area contributed by atoms with Crippen molar-refractivity contribution in [3.05, 3.63) is 63.1 Å². The van der Waals surface area contributed by atoms with Crippen LogP contribution in [0.4, 0.5) is 5.69 Å². The molecule has 0 saturated carbocycles. The molecule has 0 aliphatic heterocycles. The minimum Gasteiger partial charge on any atom is -0.352 e. The summed E-state index contributed by atoms with van der Waals surface area (Å²) in [6, 6.07) is 9.90. The summed E-state index contributed by atoms with van der Waals surface area (Å²) in [7, 11) is -3.57. The van der Waals surface area contributed by atoms with Gasteiger partial charge in [0.1, 0.15) is 6.04 Å². The van der Waals surface area contributed by atoms with E-state index in [0.717, 1.165) is 17.4 Å². The summed E-state index contributed by atoms with van der Waals surface area (Å²) in [5, 5.41) is 3.70. The molecule has 0 saturated heterocycles. The predicted molar refractivity (Wildman–Crippen MR) is 152 cm³/mol. The zero-order valence-corrected chi connectivity index (χ0v) is 24.7. The molecule has 0 heterocycles. The smallest absolute Gasteiger partial charge is 0.243 e. The molecular formula is C27H37Cl2N3O4S. The first-order valence-electron chi connectivity index (χ1n) is 12.3. The minimum absolute atomic E-state index is 0.0460. The standard InChI is InChI=1S/C27H37Cl2N3O4S/c1-7-24(27(34)30-18(2)3)31(17-21-22(28)10-8-11-23(21)29)26(33)12-9-15-32(37(6,35)36)25-16-19(4)13-14-20(25)5/h8,10-11,13-14,16,18,24H,7,9,12,15,17H2,1-6H3,(H,30,34)/t24-/m0/s1. The summed E-state index contributed by atoms with van der Waals surface area (Å²) in [4.78, 5) is 28.0. The summed E-state index contributed by atoms with van der Waals surface area (Å²) in [5.41, 5.74) is 2.92. The molecule has 0 aromatic heterocycles. The van der Waals surface area contributed by atoms with E-state index in [-0.39, 0.29) is 43.8 Å². The Balaban J connectivity index is 2.31. The molecular weight excluding hydrogens is 533 g/mol. The van der Waals surface area contributed by atoms with Crippen molar-refractivity contribution < 1.29 is 18.0 Å². The van der Waals surface area contributed by atoms with Crippen LogP contribution in [0.1, 0.15) is 56.7 Å². The van der Waals surface area contributed by atoms with E-state index >= 15 is 0 Å². The van der Waals surface area contributed by atoms with Crippen LogP contribution in [0, 0.1) is 13.8 Å². The van der Waals surface area contributed by atoms with Crippen molar-refractivity contribution in [1.82, 2.24) is 10.2 Å². The second-order valence-corrected chi connectivity index (χ2v) is 12.3. The fourth-order valence-corrected chi connectivity index (χ4v) is 5.66. The lowest BCUT2D eigenvalue weighted by atomic mass is 10.1. The van der Waals surface area contributed by atoms with Crippen molar-refractivity contribution in [2.75, 3.05) is 17.1 Å². The maximum atomic E-state index is 13.5. The van der Waals surface area contributed by atoms with Crippen molar-refractivity contribution in [1.29, 1.82) is 0 Å². The average Bonchev–Trinajstić information content (AvgIpc) is 2.79. The number of halogens is 2. The second-order valence-electron chi connectivity index (χ2n) is 9.54. The molecule has 0 bridgehead atoms. The highest BCUT2D eigenvalue weighted by Crippen LogP contribution is 2.28. The van der Waals surface area contributed by atoms with E-state index in [1.165, 1.54) is 9.21 Å². The molecule has 0 fully saturated rings. The van der Waals surface area contributed by atoms with Crippen molar-refractivity contribution in [3.8, 4) is 0 Å². The van der Waals surface area contributed by atoms with Crippen LogP contribution in [-0.2, 0) is 26.2 Å². The Morgan fingerprint density at radius 2 is 1.68 bits per heavy atom. The predicted octanol–water partition coefficient (Wildman–Crippen LogP) is 5.49. The summed E-state index contributed by atoms with van der Waals surface area (Å²) in [6.45, 7) is 9.50. The van der Waals surface area contributed by atoms with Gasteiger partial charge in [-0.3, -0.25) is 13.9 Å². The minimum atomic E-state index is -3.57.